The van der Waals surface area contributed by atoms with Crippen LogP contribution in [0.1, 0.15) is 11.1 Å². The van der Waals surface area contributed by atoms with E-state index in [9.17, 15) is 19.2 Å². The van der Waals surface area contributed by atoms with Gasteiger partial charge in [0.15, 0.2) is 12.4 Å². The number of carbonyl (C=O) groups excluding carboxylic acids is 4. The Hall–Kier alpha value is -4.54. The van der Waals surface area contributed by atoms with Gasteiger partial charge in [-0.2, -0.15) is 0 Å². The molecule has 0 aromatic heterocycles. The summed E-state index contributed by atoms with van der Waals surface area (Å²) in [7, 11) is 0. The third kappa shape index (κ3) is 7.76. The van der Waals surface area contributed by atoms with Crippen LogP contribution in [0.2, 0.25) is 20.1 Å². The van der Waals surface area contributed by atoms with E-state index in [2.05, 4.69) is 10.6 Å². The molecule has 5 amide bonds. The van der Waals surface area contributed by atoms with Crippen molar-refractivity contribution < 1.29 is 28.7 Å². The highest BCUT2D eigenvalue weighted by atomic mass is 35.5. The lowest BCUT2D eigenvalue weighted by atomic mass is 10.1. The van der Waals surface area contributed by atoms with E-state index in [0.717, 1.165) is 10.5 Å². The summed E-state index contributed by atoms with van der Waals surface area (Å²) in [5.41, 5.74) is 1.55. The van der Waals surface area contributed by atoms with E-state index in [1.54, 1.807) is 18.2 Å². The Morgan fingerprint density at radius 1 is 0.800 bits per heavy atom. The molecule has 2 N–H and O–H groups in total. The van der Waals surface area contributed by atoms with Gasteiger partial charge in [0.2, 0.25) is 0 Å². The fourth-order valence-electron chi connectivity index (χ4n) is 4.20. The molecule has 13 heteroatoms. The Labute approximate surface area is 277 Å². The van der Waals surface area contributed by atoms with Gasteiger partial charge in [-0.3, -0.25) is 19.7 Å². The quantitative estimate of drug-likeness (QED) is 0.139. The molecular formula is C32H21Cl4N3O6. The van der Waals surface area contributed by atoms with Crippen LogP contribution in [0, 0.1) is 0 Å². The van der Waals surface area contributed by atoms with Gasteiger partial charge in [-0.05, 0) is 71.8 Å². The molecule has 9 nitrogen and oxygen atoms in total. The zero-order valence-electron chi connectivity index (χ0n) is 23.0. The van der Waals surface area contributed by atoms with Crippen molar-refractivity contribution in [2.24, 2.45) is 0 Å². The number of benzene rings is 4. The molecule has 5 rings (SSSR count). The topological polar surface area (TPSA) is 114 Å². The minimum atomic E-state index is -0.904. The maximum Gasteiger partial charge on any atom is 0.335 e. The van der Waals surface area contributed by atoms with Crippen molar-refractivity contribution in [1.82, 2.24) is 5.32 Å². The number of barbiturate groups is 1. The summed E-state index contributed by atoms with van der Waals surface area (Å²) in [6, 6.07) is 22.3. The molecule has 1 fully saturated rings. The number of nitrogens with one attached hydrogen (secondary N) is 2. The van der Waals surface area contributed by atoms with Crippen molar-refractivity contribution >= 4 is 87.6 Å². The van der Waals surface area contributed by atoms with Crippen LogP contribution in [-0.4, -0.2) is 30.4 Å². The highest BCUT2D eigenvalue weighted by molar-refractivity contribution is 6.42. The number of ether oxygens (including phenoxy) is 2. The molecule has 4 aromatic rings. The first-order chi connectivity index (χ1) is 21.6. The van der Waals surface area contributed by atoms with Crippen LogP contribution in [0.4, 0.5) is 16.2 Å². The van der Waals surface area contributed by atoms with E-state index in [1.807, 2.05) is 30.3 Å². The van der Waals surface area contributed by atoms with Crippen molar-refractivity contribution in [2.75, 3.05) is 16.8 Å². The SMILES string of the molecule is O=C(COc1c(Cl)cc(/C=C2/C(=O)NC(=O)N(c3ccc(OCc4ccccc4)cc3)C2=O)cc1Cl)Nc1ccc(Cl)c(Cl)c1. The summed E-state index contributed by atoms with van der Waals surface area (Å²) in [5.74, 6) is -1.73. The van der Waals surface area contributed by atoms with Gasteiger partial charge in [-0.25, -0.2) is 9.69 Å². The average molecular weight is 685 g/mol. The molecule has 45 heavy (non-hydrogen) atoms. The van der Waals surface area contributed by atoms with Crippen LogP contribution < -0.4 is 25.0 Å². The molecule has 1 heterocycles. The predicted octanol–water partition coefficient (Wildman–Crippen LogP) is 7.56. The number of hydrogen-bond acceptors (Lipinski definition) is 6. The molecule has 0 unspecified atom stereocenters. The zero-order chi connectivity index (χ0) is 32.1. The van der Waals surface area contributed by atoms with Crippen LogP contribution in [-0.2, 0) is 21.0 Å². The first kappa shape index (κ1) is 31.9. The van der Waals surface area contributed by atoms with Crippen LogP contribution >= 0.6 is 46.4 Å². The number of amides is 5. The predicted molar refractivity (Wildman–Crippen MR) is 173 cm³/mol. The van der Waals surface area contributed by atoms with Gasteiger partial charge in [0.05, 0.1) is 25.8 Å². The highest BCUT2D eigenvalue weighted by Crippen LogP contribution is 2.35. The van der Waals surface area contributed by atoms with Crippen molar-refractivity contribution in [3.8, 4) is 11.5 Å². The van der Waals surface area contributed by atoms with Gasteiger partial charge < -0.3 is 14.8 Å². The Kier molecular flexibility index (Phi) is 9.95. The van der Waals surface area contributed by atoms with Crippen LogP contribution in [0.5, 0.6) is 11.5 Å². The maximum absolute atomic E-state index is 13.3. The number of rotatable bonds is 9. The number of imide groups is 2. The van der Waals surface area contributed by atoms with Gasteiger partial charge in [0, 0.05) is 5.69 Å². The molecule has 1 saturated heterocycles. The van der Waals surface area contributed by atoms with Crippen LogP contribution in [0.15, 0.2) is 90.5 Å². The molecule has 0 bridgehead atoms. The van der Waals surface area contributed by atoms with E-state index in [0.29, 0.717) is 23.1 Å². The minimum Gasteiger partial charge on any atom is -0.489 e. The molecule has 0 radical (unpaired) electrons. The molecule has 4 aromatic carbocycles. The third-order valence-electron chi connectivity index (χ3n) is 6.33. The maximum atomic E-state index is 13.3. The van der Waals surface area contributed by atoms with Crippen molar-refractivity contribution in [2.45, 2.75) is 6.61 Å². The Morgan fingerprint density at radius 2 is 1.49 bits per heavy atom. The summed E-state index contributed by atoms with van der Waals surface area (Å²) in [5, 5.41) is 5.41. The van der Waals surface area contributed by atoms with E-state index in [1.165, 1.54) is 42.5 Å². The Morgan fingerprint density at radius 3 is 2.16 bits per heavy atom. The van der Waals surface area contributed by atoms with E-state index in [4.69, 9.17) is 55.9 Å². The summed E-state index contributed by atoms with van der Waals surface area (Å²) in [4.78, 5) is 51.8. The highest BCUT2D eigenvalue weighted by Gasteiger charge is 2.37. The lowest BCUT2D eigenvalue weighted by Crippen LogP contribution is -2.54. The second-order valence-corrected chi connectivity index (χ2v) is 11.1. The van der Waals surface area contributed by atoms with Crippen LogP contribution in [0.3, 0.4) is 0 Å². The van der Waals surface area contributed by atoms with E-state index >= 15 is 0 Å². The fraction of sp³-hybridized carbons (Fsp3) is 0.0625. The van der Waals surface area contributed by atoms with Crippen molar-refractivity contribution in [1.29, 1.82) is 0 Å². The number of anilines is 2. The number of nitrogens with zero attached hydrogens (tertiary/aromatic N) is 1. The smallest absolute Gasteiger partial charge is 0.335 e. The Bertz CT molecular complexity index is 1810. The van der Waals surface area contributed by atoms with Crippen LogP contribution in [0.25, 0.3) is 6.08 Å². The normalized spacial score (nSPS) is 13.9. The van der Waals surface area contributed by atoms with E-state index in [-0.39, 0.29) is 37.6 Å². The number of urea groups is 1. The average Bonchev–Trinajstić information content (AvgIpc) is 3.00. The standard InChI is InChI=1S/C32H21Cl4N3O6/c33-24-11-6-20(15-25(24)34)37-28(40)17-45-29-26(35)13-19(14-27(29)36)12-23-30(41)38-32(43)39(31(23)42)21-7-9-22(10-8-21)44-16-18-4-2-1-3-5-18/h1-15H,16-17H2,(H,37,40)(H,38,41,43)/b23-12-. The summed E-state index contributed by atoms with van der Waals surface area (Å²) >= 11 is 24.6. The minimum absolute atomic E-state index is 0.00979. The number of hydrogen-bond donors (Lipinski definition) is 2. The summed E-state index contributed by atoms with van der Waals surface area (Å²) in [6.45, 7) is -0.0975. The second-order valence-electron chi connectivity index (χ2n) is 9.51. The van der Waals surface area contributed by atoms with Gasteiger partial charge >= 0.3 is 6.03 Å². The molecule has 0 saturated carbocycles. The summed E-state index contributed by atoms with van der Waals surface area (Å²) in [6.07, 6.45) is 1.24. The third-order valence-corrected chi connectivity index (χ3v) is 7.63. The van der Waals surface area contributed by atoms with Gasteiger partial charge in [-0.15, -0.1) is 0 Å². The molecule has 1 aliphatic rings. The monoisotopic (exact) mass is 683 g/mol. The molecule has 0 atom stereocenters. The summed E-state index contributed by atoms with van der Waals surface area (Å²) < 4.78 is 11.3. The molecule has 1 aliphatic heterocycles. The lowest BCUT2D eigenvalue weighted by Gasteiger charge is -2.26. The van der Waals surface area contributed by atoms with Gasteiger partial charge in [0.25, 0.3) is 17.7 Å². The lowest BCUT2D eigenvalue weighted by molar-refractivity contribution is -0.122. The molecule has 228 valence electrons. The van der Waals surface area contributed by atoms with Crippen molar-refractivity contribution in [3.63, 3.8) is 0 Å². The first-order valence-electron chi connectivity index (χ1n) is 13.1. The molecular weight excluding hydrogens is 664 g/mol. The second kappa shape index (κ2) is 14.0. The zero-order valence-corrected chi connectivity index (χ0v) is 26.0. The van der Waals surface area contributed by atoms with Gasteiger partial charge in [-0.1, -0.05) is 76.7 Å². The fourth-order valence-corrected chi connectivity index (χ4v) is 5.11. The number of halogens is 4. The van der Waals surface area contributed by atoms with E-state index < -0.39 is 30.4 Å². The molecule has 0 aliphatic carbocycles. The Balaban J connectivity index is 1.27. The first-order valence-corrected chi connectivity index (χ1v) is 14.6. The van der Waals surface area contributed by atoms with Gasteiger partial charge in [0.1, 0.15) is 17.9 Å². The number of carbonyl (C=O) groups is 4. The van der Waals surface area contributed by atoms with Crippen molar-refractivity contribution in [3.05, 3.63) is 122 Å². The largest absolute Gasteiger partial charge is 0.489 e. The molecule has 0 spiro atoms.